The van der Waals surface area contributed by atoms with Gasteiger partial charge in [-0.25, -0.2) is 0 Å². The van der Waals surface area contributed by atoms with Gasteiger partial charge >= 0.3 is 5.97 Å². The van der Waals surface area contributed by atoms with Gasteiger partial charge in [-0.15, -0.1) is 0 Å². The minimum absolute atomic E-state index is 0.156. The summed E-state index contributed by atoms with van der Waals surface area (Å²) in [6, 6.07) is 0. The normalized spacial score (nSPS) is 62.8. The van der Waals surface area contributed by atoms with E-state index >= 15 is 0 Å². The van der Waals surface area contributed by atoms with Crippen molar-refractivity contribution in [3.63, 3.8) is 0 Å². The van der Waals surface area contributed by atoms with E-state index in [-0.39, 0.29) is 23.4 Å². The molecule has 0 radical (unpaired) electrons. The van der Waals surface area contributed by atoms with Crippen LogP contribution in [0.1, 0.15) is 59.3 Å². The molecule has 4 heteroatoms. The first-order chi connectivity index (χ1) is 12.3. The molecule has 4 aliphatic carbocycles. The average molecular weight is 360 g/mol. The molecule has 0 bridgehead atoms. The van der Waals surface area contributed by atoms with Gasteiger partial charge in [-0.2, -0.15) is 0 Å². The molecule has 2 saturated heterocycles. The second-order valence-electron chi connectivity index (χ2n) is 11.0. The Morgan fingerprint density at radius 2 is 1.88 bits per heavy atom. The van der Waals surface area contributed by atoms with Crippen LogP contribution >= 0.6 is 0 Å². The average Bonchev–Trinajstić information content (AvgIpc) is 3.48. The van der Waals surface area contributed by atoms with Crippen molar-refractivity contribution in [2.45, 2.75) is 83.7 Å². The molecule has 0 spiro atoms. The molecule has 6 fully saturated rings. The molecule has 1 N–H and O–H groups in total. The van der Waals surface area contributed by atoms with Crippen molar-refractivity contribution in [2.24, 2.45) is 46.3 Å². The number of hydrogen-bond acceptors (Lipinski definition) is 3. The zero-order valence-corrected chi connectivity index (χ0v) is 16.2. The van der Waals surface area contributed by atoms with Crippen molar-refractivity contribution in [1.29, 1.82) is 0 Å². The van der Waals surface area contributed by atoms with Crippen LogP contribution in [-0.2, 0) is 14.3 Å². The fourth-order valence-corrected chi connectivity index (χ4v) is 8.90. The molecule has 4 saturated carbocycles. The van der Waals surface area contributed by atoms with E-state index in [9.17, 15) is 9.90 Å². The maximum absolute atomic E-state index is 11.8. The van der Waals surface area contributed by atoms with Gasteiger partial charge in [-0.1, -0.05) is 20.8 Å². The second kappa shape index (κ2) is 4.86. The highest BCUT2D eigenvalue weighted by atomic mass is 16.6. The van der Waals surface area contributed by atoms with Crippen LogP contribution in [-0.4, -0.2) is 35.5 Å². The molecule has 2 unspecified atom stereocenters. The Hall–Kier alpha value is -0.610. The van der Waals surface area contributed by atoms with Gasteiger partial charge in [0.15, 0.2) is 0 Å². The third-order valence-electron chi connectivity index (χ3n) is 10.2. The van der Waals surface area contributed by atoms with E-state index in [0.29, 0.717) is 29.6 Å². The number of hydrogen-bond donors (Lipinski definition) is 1. The first-order valence-electron chi connectivity index (χ1n) is 10.9. The fourth-order valence-electron chi connectivity index (χ4n) is 8.90. The lowest BCUT2D eigenvalue weighted by Gasteiger charge is -2.60. The highest BCUT2D eigenvalue weighted by Crippen LogP contribution is 2.72. The quantitative estimate of drug-likeness (QED) is 0.762. The van der Waals surface area contributed by atoms with E-state index in [1.165, 1.54) is 38.5 Å². The Kier molecular flexibility index (Phi) is 3.06. The molecular formula is C22H32O4. The van der Waals surface area contributed by atoms with Crippen molar-refractivity contribution < 1.29 is 19.4 Å². The minimum atomic E-state index is -0.645. The van der Waals surface area contributed by atoms with Gasteiger partial charge in [-0.05, 0) is 73.0 Å². The zero-order valence-electron chi connectivity index (χ0n) is 16.2. The highest BCUT2D eigenvalue weighted by Gasteiger charge is 2.73. The maximum atomic E-state index is 11.8. The molecular weight excluding hydrogens is 328 g/mol. The molecule has 6 aliphatic rings. The van der Waals surface area contributed by atoms with Crippen LogP contribution < -0.4 is 0 Å². The Morgan fingerprint density at radius 1 is 1.08 bits per heavy atom. The van der Waals surface area contributed by atoms with Crippen LogP contribution in [0.2, 0.25) is 0 Å². The zero-order chi connectivity index (χ0) is 18.0. The SMILES string of the molecule is C[C@H](C(=O)O)[C@H]1C2OC2[C@H]2[C@@H]3CC[C@H]4C[C@@H]5O[C@@H]5C[C@]4(C)[C@H]3CC[C@]12C. The van der Waals surface area contributed by atoms with Crippen molar-refractivity contribution in [2.75, 3.05) is 0 Å². The van der Waals surface area contributed by atoms with Gasteiger partial charge in [0, 0.05) is 5.92 Å². The third kappa shape index (κ3) is 1.86. The number of carbonyl (C=O) groups is 1. The Bertz CT molecular complexity index is 663. The number of ether oxygens (including phenoxy) is 2. The van der Waals surface area contributed by atoms with E-state index < -0.39 is 5.97 Å². The standard InChI is InChI=1S/C22H32O4/c1-10(20(23)24)16-18-19(26-18)17-12-5-4-11-8-14-15(25-14)9-22(11,3)13(12)6-7-21(16,17)2/h10-19H,4-9H2,1-3H3,(H,23,24)/t10-,11-,12+,13-,14-,15+,16-,17+,18?,19?,21+,22-/m0/s1. The van der Waals surface area contributed by atoms with Crippen LogP contribution in [0, 0.1) is 46.3 Å². The summed E-state index contributed by atoms with van der Waals surface area (Å²) >= 11 is 0. The van der Waals surface area contributed by atoms with Crippen LogP contribution in [0.4, 0.5) is 0 Å². The highest BCUT2D eigenvalue weighted by molar-refractivity contribution is 5.70. The van der Waals surface area contributed by atoms with Crippen molar-refractivity contribution in [3.8, 4) is 0 Å². The number of carboxylic acids is 1. The molecule has 0 amide bonds. The number of rotatable bonds is 2. The monoisotopic (exact) mass is 360 g/mol. The van der Waals surface area contributed by atoms with Crippen LogP contribution in [0.15, 0.2) is 0 Å². The molecule has 0 aromatic rings. The van der Waals surface area contributed by atoms with E-state index in [2.05, 4.69) is 13.8 Å². The molecule has 12 atom stereocenters. The second-order valence-corrected chi connectivity index (χ2v) is 11.0. The predicted octanol–water partition coefficient (Wildman–Crippen LogP) is 3.73. The third-order valence-corrected chi connectivity index (χ3v) is 10.2. The van der Waals surface area contributed by atoms with Crippen molar-refractivity contribution in [3.05, 3.63) is 0 Å². The van der Waals surface area contributed by atoms with Crippen molar-refractivity contribution >= 4 is 5.97 Å². The lowest BCUT2D eigenvalue weighted by molar-refractivity contribution is -0.155. The predicted molar refractivity (Wildman–Crippen MR) is 95.5 cm³/mol. The summed E-state index contributed by atoms with van der Waals surface area (Å²) in [5.74, 6) is 2.19. The molecule has 6 rings (SSSR count). The van der Waals surface area contributed by atoms with E-state index in [1.807, 2.05) is 6.92 Å². The molecule has 144 valence electrons. The number of aliphatic carboxylic acids is 1. The van der Waals surface area contributed by atoms with Gasteiger partial charge in [0.1, 0.15) is 0 Å². The molecule has 2 aliphatic heterocycles. The lowest BCUT2D eigenvalue weighted by atomic mass is 9.44. The van der Waals surface area contributed by atoms with Crippen LogP contribution in [0.5, 0.6) is 0 Å². The van der Waals surface area contributed by atoms with Gasteiger partial charge in [-0.3, -0.25) is 4.79 Å². The topological polar surface area (TPSA) is 62.4 Å². The van der Waals surface area contributed by atoms with Gasteiger partial charge in [0.2, 0.25) is 0 Å². The Balaban J connectivity index is 1.34. The van der Waals surface area contributed by atoms with E-state index in [4.69, 9.17) is 9.47 Å². The first kappa shape index (κ1) is 16.4. The number of epoxide rings is 2. The molecule has 4 nitrogen and oxygen atoms in total. The molecule has 2 heterocycles. The summed E-state index contributed by atoms with van der Waals surface area (Å²) in [7, 11) is 0. The Labute approximate surface area is 156 Å². The summed E-state index contributed by atoms with van der Waals surface area (Å²) in [5, 5.41) is 9.68. The lowest BCUT2D eigenvalue weighted by Crippen LogP contribution is -2.55. The van der Waals surface area contributed by atoms with E-state index in [1.54, 1.807) is 0 Å². The first-order valence-corrected chi connectivity index (χ1v) is 10.9. The summed E-state index contributed by atoms with van der Waals surface area (Å²) in [6.45, 7) is 6.88. The summed E-state index contributed by atoms with van der Waals surface area (Å²) in [6.07, 6.45) is 9.34. The van der Waals surface area contributed by atoms with Gasteiger partial charge in [0.05, 0.1) is 30.3 Å². The van der Waals surface area contributed by atoms with E-state index in [0.717, 1.165) is 17.8 Å². The summed E-state index contributed by atoms with van der Waals surface area (Å²) < 4.78 is 12.1. The Morgan fingerprint density at radius 3 is 2.65 bits per heavy atom. The van der Waals surface area contributed by atoms with Gasteiger partial charge < -0.3 is 14.6 Å². The summed E-state index contributed by atoms with van der Waals surface area (Å²) in [4.78, 5) is 11.8. The summed E-state index contributed by atoms with van der Waals surface area (Å²) in [5.41, 5.74) is 0.589. The molecule has 0 aromatic heterocycles. The smallest absolute Gasteiger partial charge is 0.306 e. The minimum Gasteiger partial charge on any atom is -0.481 e. The van der Waals surface area contributed by atoms with Crippen LogP contribution in [0.3, 0.4) is 0 Å². The van der Waals surface area contributed by atoms with Crippen LogP contribution in [0.25, 0.3) is 0 Å². The largest absolute Gasteiger partial charge is 0.481 e. The molecule has 26 heavy (non-hydrogen) atoms. The van der Waals surface area contributed by atoms with Gasteiger partial charge in [0.25, 0.3) is 0 Å². The maximum Gasteiger partial charge on any atom is 0.306 e. The fraction of sp³-hybridized carbons (Fsp3) is 0.955. The number of fused-ring (bicyclic) bond motifs is 8. The van der Waals surface area contributed by atoms with Crippen molar-refractivity contribution in [1.82, 2.24) is 0 Å². The molecule has 0 aromatic carbocycles. The number of carboxylic acid groups (broad SMARTS) is 1.